The molecule has 0 atom stereocenters. The van der Waals surface area contributed by atoms with Crippen molar-refractivity contribution < 1.29 is 23.9 Å². The van der Waals surface area contributed by atoms with Crippen LogP contribution in [0.5, 0.6) is 11.5 Å². The number of hydrogen-bond donors (Lipinski definition) is 1. The summed E-state index contributed by atoms with van der Waals surface area (Å²) in [4.78, 5) is 36.1. The number of benzene rings is 1. The van der Waals surface area contributed by atoms with Crippen molar-refractivity contribution in [3.05, 3.63) is 27.1 Å². The van der Waals surface area contributed by atoms with E-state index in [4.69, 9.17) is 21.6 Å². The molecule has 2 rings (SSSR count). The number of terminal acetylenes is 1. The van der Waals surface area contributed by atoms with E-state index in [2.05, 4.69) is 21.9 Å². The lowest BCUT2D eigenvalue weighted by atomic mass is 10.2. The minimum Gasteiger partial charge on any atom is -0.490 e. The van der Waals surface area contributed by atoms with Crippen molar-refractivity contribution in [3.63, 3.8) is 0 Å². The molecule has 0 spiro atoms. The monoisotopic (exact) mass is 438 g/mol. The maximum atomic E-state index is 12.3. The molecule has 0 aromatic heterocycles. The lowest BCUT2D eigenvalue weighted by Gasteiger charge is -2.13. The van der Waals surface area contributed by atoms with Crippen molar-refractivity contribution in [1.29, 1.82) is 0 Å². The Hall–Kier alpha value is -2.44. The molecule has 1 aliphatic rings. The number of nitrogens with zero attached hydrogens (tertiary/aromatic N) is 1. The number of hydrogen-bond acceptors (Lipinski definition) is 6. The molecule has 9 heteroatoms. The van der Waals surface area contributed by atoms with Gasteiger partial charge in [0.15, 0.2) is 11.5 Å². The van der Waals surface area contributed by atoms with Gasteiger partial charge >= 0.3 is 0 Å². The zero-order chi connectivity index (χ0) is 19.3. The summed E-state index contributed by atoms with van der Waals surface area (Å²) in [6.07, 6.45) is 6.75. The van der Waals surface area contributed by atoms with Gasteiger partial charge in [-0.25, -0.2) is 0 Å². The topological polar surface area (TPSA) is 98.9 Å². The summed E-state index contributed by atoms with van der Waals surface area (Å²) in [7, 11) is 0. The molecule has 0 aliphatic carbocycles. The summed E-state index contributed by atoms with van der Waals surface area (Å²) < 4.78 is 11.6. The molecular weight excluding hydrogens is 424 g/mol. The zero-order valence-electron chi connectivity index (χ0n) is 13.8. The fourth-order valence-corrected chi connectivity index (χ4v) is 3.54. The van der Waals surface area contributed by atoms with Crippen LogP contribution < -0.4 is 15.2 Å². The number of rotatable bonds is 7. The first-order valence-electron chi connectivity index (χ1n) is 7.43. The molecule has 1 aromatic carbocycles. The third kappa shape index (κ3) is 4.59. The summed E-state index contributed by atoms with van der Waals surface area (Å²) in [6.45, 7) is 1.84. The molecule has 1 heterocycles. The van der Waals surface area contributed by atoms with E-state index in [1.54, 1.807) is 12.1 Å². The van der Waals surface area contributed by atoms with Gasteiger partial charge in [0, 0.05) is 0 Å². The van der Waals surface area contributed by atoms with Crippen LogP contribution in [0.2, 0.25) is 0 Å². The van der Waals surface area contributed by atoms with Crippen LogP contribution in [0, 0.1) is 12.3 Å². The Kier molecular flexibility index (Phi) is 6.71. The number of carbonyl (C=O) groups excluding carboxylic acids is 3. The van der Waals surface area contributed by atoms with Gasteiger partial charge in [-0.2, -0.15) is 0 Å². The van der Waals surface area contributed by atoms with E-state index in [0.29, 0.717) is 28.1 Å². The molecule has 1 saturated heterocycles. The minimum atomic E-state index is -0.759. The summed E-state index contributed by atoms with van der Waals surface area (Å²) in [5.74, 6) is 1.94. The lowest BCUT2D eigenvalue weighted by molar-refractivity contribution is -0.127. The summed E-state index contributed by atoms with van der Waals surface area (Å²) >= 11 is 4.12. The molecule has 1 fully saturated rings. The highest BCUT2D eigenvalue weighted by Crippen LogP contribution is 2.39. The average molecular weight is 439 g/mol. The number of halogens is 1. The predicted molar refractivity (Wildman–Crippen MR) is 102 cm³/mol. The third-order valence-corrected chi connectivity index (χ3v) is 4.61. The molecule has 136 valence electrons. The van der Waals surface area contributed by atoms with E-state index in [0.717, 1.165) is 16.7 Å². The maximum absolute atomic E-state index is 12.3. The summed E-state index contributed by atoms with van der Waals surface area (Å²) in [5.41, 5.74) is 5.67. The number of ether oxygens (including phenoxy) is 2. The second kappa shape index (κ2) is 8.78. The molecule has 0 saturated carbocycles. The second-order valence-corrected chi connectivity index (χ2v) is 6.84. The van der Waals surface area contributed by atoms with Crippen molar-refractivity contribution in [2.45, 2.75) is 6.92 Å². The Balaban J connectivity index is 2.35. The molecule has 1 aromatic rings. The molecule has 3 amide bonds. The lowest BCUT2D eigenvalue weighted by Crippen LogP contribution is -2.36. The predicted octanol–water partition coefficient (Wildman–Crippen LogP) is 2.38. The standard InChI is InChI=1S/C17H15BrN2O5S/c1-3-5-25-15-11(18)6-10(7-12(15)24-4-2)8-13-16(22)20(9-14(19)21)17(23)26-13/h1,6-8H,4-5,9H2,2H3,(H2,19,21)/b13-8-. The fourth-order valence-electron chi connectivity index (χ4n) is 2.13. The second-order valence-electron chi connectivity index (χ2n) is 4.99. The van der Waals surface area contributed by atoms with Crippen molar-refractivity contribution in [3.8, 4) is 23.8 Å². The normalized spacial score (nSPS) is 15.3. The van der Waals surface area contributed by atoms with Gasteiger partial charge in [0.1, 0.15) is 13.2 Å². The smallest absolute Gasteiger partial charge is 0.294 e. The fraction of sp³-hybridized carbons (Fsp3) is 0.235. The molecule has 0 unspecified atom stereocenters. The van der Waals surface area contributed by atoms with Crippen LogP contribution in [0.1, 0.15) is 12.5 Å². The largest absolute Gasteiger partial charge is 0.490 e. The molecule has 26 heavy (non-hydrogen) atoms. The SMILES string of the molecule is C#CCOc1c(Br)cc(/C=C2\SC(=O)N(CC(N)=O)C2=O)cc1OCC. The first-order valence-corrected chi connectivity index (χ1v) is 9.04. The van der Waals surface area contributed by atoms with Crippen LogP contribution >= 0.6 is 27.7 Å². The molecule has 2 N–H and O–H groups in total. The van der Waals surface area contributed by atoms with Gasteiger partial charge in [0.05, 0.1) is 16.0 Å². The maximum Gasteiger partial charge on any atom is 0.294 e. The first-order chi connectivity index (χ1) is 12.4. The van der Waals surface area contributed by atoms with E-state index in [9.17, 15) is 14.4 Å². The van der Waals surface area contributed by atoms with E-state index in [-0.39, 0.29) is 11.5 Å². The molecule has 0 radical (unpaired) electrons. The van der Waals surface area contributed by atoms with Crippen LogP contribution in [0.25, 0.3) is 6.08 Å². The van der Waals surface area contributed by atoms with Gasteiger partial charge in [-0.05, 0) is 58.4 Å². The van der Waals surface area contributed by atoms with Crippen LogP contribution in [0.15, 0.2) is 21.5 Å². The Bertz CT molecular complexity index is 831. The number of primary amides is 1. The van der Waals surface area contributed by atoms with Gasteiger partial charge in [-0.1, -0.05) is 5.92 Å². The number of imide groups is 1. The molecule has 7 nitrogen and oxygen atoms in total. The Labute approximate surface area is 163 Å². The van der Waals surface area contributed by atoms with Crippen LogP contribution in [-0.2, 0) is 9.59 Å². The number of amides is 3. The minimum absolute atomic E-state index is 0.0734. The van der Waals surface area contributed by atoms with Gasteiger partial charge in [-0.3, -0.25) is 19.3 Å². The van der Waals surface area contributed by atoms with Crippen molar-refractivity contribution >= 4 is 50.8 Å². The highest BCUT2D eigenvalue weighted by atomic mass is 79.9. The Morgan fingerprint density at radius 3 is 2.77 bits per heavy atom. The molecular formula is C17H15BrN2O5S. The van der Waals surface area contributed by atoms with E-state index >= 15 is 0 Å². The summed E-state index contributed by atoms with van der Waals surface area (Å²) in [5, 5.41) is -0.543. The van der Waals surface area contributed by atoms with Crippen LogP contribution in [-0.4, -0.2) is 41.7 Å². The van der Waals surface area contributed by atoms with E-state index in [1.807, 2.05) is 6.92 Å². The van der Waals surface area contributed by atoms with E-state index < -0.39 is 23.6 Å². The van der Waals surface area contributed by atoms with Gasteiger partial charge < -0.3 is 15.2 Å². The van der Waals surface area contributed by atoms with Crippen molar-refractivity contribution in [2.75, 3.05) is 19.8 Å². The average Bonchev–Trinajstić information content (AvgIpc) is 2.81. The van der Waals surface area contributed by atoms with Gasteiger partial charge in [0.25, 0.3) is 11.1 Å². The molecule has 0 bridgehead atoms. The first kappa shape index (κ1) is 19.9. The van der Waals surface area contributed by atoms with Gasteiger partial charge in [-0.15, -0.1) is 6.42 Å². The molecule has 1 aliphatic heterocycles. The number of carbonyl (C=O) groups is 3. The Morgan fingerprint density at radius 1 is 1.42 bits per heavy atom. The van der Waals surface area contributed by atoms with Crippen molar-refractivity contribution in [2.24, 2.45) is 5.73 Å². The quantitative estimate of drug-likeness (QED) is 0.518. The Morgan fingerprint density at radius 2 is 2.15 bits per heavy atom. The summed E-state index contributed by atoms with van der Waals surface area (Å²) in [6, 6.07) is 3.37. The highest BCUT2D eigenvalue weighted by molar-refractivity contribution is 9.10. The zero-order valence-corrected chi connectivity index (χ0v) is 16.2. The van der Waals surface area contributed by atoms with Crippen LogP contribution in [0.3, 0.4) is 0 Å². The van der Waals surface area contributed by atoms with Crippen molar-refractivity contribution in [1.82, 2.24) is 4.90 Å². The van der Waals surface area contributed by atoms with Gasteiger partial charge in [0.2, 0.25) is 5.91 Å². The van der Waals surface area contributed by atoms with Crippen LogP contribution in [0.4, 0.5) is 4.79 Å². The number of thioether (sulfide) groups is 1. The van der Waals surface area contributed by atoms with E-state index in [1.165, 1.54) is 6.08 Å². The number of nitrogens with two attached hydrogens (primary N) is 1. The third-order valence-electron chi connectivity index (χ3n) is 3.12. The highest BCUT2D eigenvalue weighted by Gasteiger charge is 2.35.